The molecule has 0 saturated carbocycles. The molecule has 6 heteroatoms. The first kappa shape index (κ1) is 18.1. The lowest BCUT2D eigenvalue weighted by molar-refractivity contribution is -0.145. The van der Waals surface area contributed by atoms with Gasteiger partial charge in [-0.05, 0) is 24.6 Å². The van der Waals surface area contributed by atoms with Gasteiger partial charge >= 0.3 is 5.97 Å². The maximum Gasteiger partial charge on any atom is 0.308 e. The highest BCUT2D eigenvalue weighted by molar-refractivity contribution is 7.18. The first-order valence-electron chi connectivity index (χ1n) is 8.35. The number of aromatic nitrogens is 1. The van der Waals surface area contributed by atoms with Crippen molar-refractivity contribution < 1.29 is 14.3 Å². The topological polar surface area (TPSA) is 68.3 Å². The summed E-state index contributed by atoms with van der Waals surface area (Å²) in [5.41, 5.74) is 2.90. The van der Waals surface area contributed by atoms with Crippen molar-refractivity contribution in [1.29, 1.82) is 0 Å². The number of hydrogen-bond acceptors (Lipinski definition) is 5. The lowest BCUT2D eigenvalue weighted by Crippen LogP contribution is -2.28. The smallest absolute Gasteiger partial charge is 0.308 e. The van der Waals surface area contributed by atoms with Gasteiger partial charge in [0.15, 0.2) is 0 Å². The molecule has 3 rings (SSSR count). The second kappa shape index (κ2) is 8.10. The second-order valence-corrected chi connectivity index (χ2v) is 7.22. The minimum atomic E-state index is -0.407. The molecule has 1 aromatic heterocycles. The molecule has 1 amide bonds. The Morgan fingerprint density at radius 2 is 1.88 bits per heavy atom. The molecular formula is C20H20N2O3S. The molecule has 0 fully saturated rings. The fourth-order valence-corrected chi connectivity index (χ4v) is 3.53. The molecule has 1 N–H and O–H groups in total. The van der Waals surface area contributed by atoms with Crippen molar-refractivity contribution in [3.05, 3.63) is 64.7 Å². The number of carbonyl (C=O) groups is 2. The van der Waals surface area contributed by atoms with Crippen molar-refractivity contribution in [2.45, 2.75) is 32.9 Å². The molecule has 0 aliphatic rings. The molecule has 2 aromatic carbocycles. The van der Waals surface area contributed by atoms with E-state index in [2.05, 4.69) is 10.3 Å². The summed E-state index contributed by atoms with van der Waals surface area (Å²) in [6.07, 6.45) is 0.0769. The zero-order valence-electron chi connectivity index (χ0n) is 14.7. The van der Waals surface area contributed by atoms with Gasteiger partial charge in [0.05, 0.1) is 22.7 Å². The predicted octanol–water partition coefficient (Wildman–Crippen LogP) is 3.92. The monoisotopic (exact) mass is 368 g/mol. The number of fused-ring (bicyclic) bond motifs is 1. The van der Waals surface area contributed by atoms with E-state index in [9.17, 15) is 9.59 Å². The molecule has 1 unspecified atom stereocenters. The molecule has 0 radical (unpaired) electrons. The van der Waals surface area contributed by atoms with Crippen molar-refractivity contribution in [3.63, 3.8) is 0 Å². The second-order valence-electron chi connectivity index (χ2n) is 6.10. The van der Waals surface area contributed by atoms with E-state index in [1.807, 2.05) is 55.5 Å². The molecular weight excluding hydrogens is 348 g/mol. The molecule has 3 aromatic rings. The van der Waals surface area contributed by atoms with E-state index in [0.717, 1.165) is 26.4 Å². The normalized spacial score (nSPS) is 11.9. The van der Waals surface area contributed by atoms with E-state index in [0.29, 0.717) is 0 Å². The number of ether oxygens (including phenoxy) is 1. The van der Waals surface area contributed by atoms with Gasteiger partial charge < -0.3 is 10.1 Å². The molecule has 0 aliphatic heterocycles. The summed E-state index contributed by atoms with van der Waals surface area (Å²) in [7, 11) is 0. The molecule has 1 atom stereocenters. The van der Waals surface area contributed by atoms with Crippen molar-refractivity contribution >= 4 is 33.4 Å². The Morgan fingerprint density at radius 3 is 2.58 bits per heavy atom. The Morgan fingerprint density at radius 1 is 1.15 bits per heavy atom. The minimum absolute atomic E-state index is 0.0769. The number of amides is 1. The number of hydrogen-bond donors (Lipinski definition) is 1. The highest BCUT2D eigenvalue weighted by Crippen LogP contribution is 2.23. The lowest BCUT2D eigenvalue weighted by atomic mass is 10.0. The Balaban J connectivity index is 1.63. The highest BCUT2D eigenvalue weighted by Gasteiger charge is 2.18. The average molecular weight is 368 g/mol. The van der Waals surface area contributed by atoms with Gasteiger partial charge in [0.2, 0.25) is 5.91 Å². The lowest BCUT2D eigenvalue weighted by Gasteiger charge is -2.17. The van der Waals surface area contributed by atoms with Crippen molar-refractivity contribution in [2.24, 2.45) is 0 Å². The summed E-state index contributed by atoms with van der Waals surface area (Å²) in [4.78, 5) is 28.2. The van der Waals surface area contributed by atoms with E-state index >= 15 is 0 Å². The first-order valence-corrected chi connectivity index (χ1v) is 9.16. The number of aryl methyl sites for hydroxylation is 1. The van der Waals surface area contributed by atoms with Gasteiger partial charge in [0, 0.05) is 6.92 Å². The molecule has 1 heterocycles. The third kappa shape index (κ3) is 4.67. The van der Waals surface area contributed by atoms with E-state index < -0.39 is 6.04 Å². The molecule has 0 bridgehead atoms. The van der Waals surface area contributed by atoms with Crippen molar-refractivity contribution in [3.8, 4) is 0 Å². The van der Waals surface area contributed by atoms with E-state index in [1.54, 1.807) is 0 Å². The van der Waals surface area contributed by atoms with Crippen LogP contribution in [0.5, 0.6) is 0 Å². The Bertz CT molecular complexity index is 885. The third-order valence-electron chi connectivity index (χ3n) is 3.92. The third-order valence-corrected chi connectivity index (χ3v) is 4.93. The number of nitrogens with one attached hydrogen (secondary N) is 1. The molecule has 26 heavy (non-hydrogen) atoms. The fourth-order valence-electron chi connectivity index (χ4n) is 2.65. The van der Waals surface area contributed by atoms with Gasteiger partial charge in [-0.15, -0.1) is 11.3 Å². The SMILES string of the molecule is CC(=O)NC(CC(=O)OCc1nc2ccccc2s1)c1ccc(C)cc1. The van der Waals surface area contributed by atoms with Crippen LogP contribution in [-0.4, -0.2) is 16.9 Å². The number of rotatable bonds is 6. The molecule has 134 valence electrons. The van der Waals surface area contributed by atoms with Gasteiger partial charge in [0.1, 0.15) is 11.6 Å². The van der Waals surface area contributed by atoms with Crippen LogP contribution in [0, 0.1) is 6.92 Å². The summed E-state index contributed by atoms with van der Waals surface area (Å²) in [6, 6.07) is 15.1. The average Bonchev–Trinajstić information content (AvgIpc) is 3.03. The van der Waals surface area contributed by atoms with Gasteiger partial charge in [-0.1, -0.05) is 42.0 Å². The zero-order valence-corrected chi connectivity index (χ0v) is 15.5. The molecule has 5 nitrogen and oxygen atoms in total. The Kier molecular flexibility index (Phi) is 5.63. The van der Waals surface area contributed by atoms with Crippen LogP contribution in [0.4, 0.5) is 0 Å². The van der Waals surface area contributed by atoms with Crippen LogP contribution in [0.1, 0.15) is 35.5 Å². The van der Waals surface area contributed by atoms with Gasteiger partial charge in [-0.3, -0.25) is 9.59 Å². The zero-order chi connectivity index (χ0) is 18.5. The summed E-state index contributed by atoms with van der Waals surface area (Å²) in [5.74, 6) is -0.557. The first-order chi connectivity index (χ1) is 12.5. The molecule has 0 aliphatic carbocycles. The van der Waals surface area contributed by atoms with Crippen LogP contribution in [0.2, 0.25) is 0 Å². The van der Waals surface area contributed by atoms with Crippen LogP contribution < -0.4 is 5.32 Å². The van der Waals surface area contributed by atoms with Crippen LogP contribution in [-0.2, 0) is 20.9 Å². The molecule has 0 saturated heterocycles. The van der Waals surface area contributed by atoms with Crippen LogP contribution in [0.25, 0.3) is 10.2 Å². The predicted molar refractivity (Wildman–Crippen MR) is 102 cm³/mol. The van der Waals surface area contributed by atoms with Crippen molar-refractivity contribution in [1.82, 2.24) is 10.3 Å². The minimum Gasteiger partial charge on any atom is -0.458 e. The summed E-state index contributed by atoms with van der Waals surface area (Å²) in [5, 5.41) is 3.57. The fraction of sp³-hybridized carbons (Fsp3) is 0.250. The van der Waals surface area contributed by atoms with E-state index in [1.165, 1.54) is 18.3 Å². The summed E-state index contributed by atoms with van der Waals surface area (Å²) < 4.78 is 6.44. The number of para-hydroxylation sites is 1. The standard InChI is InChI=1S/C20H20N2O3S/c1-13-7-9-15(10-8-13)17(21-14(2)23)11-20(24)25-12-19-22-16-5-3-4-6-18(16)26-19/h3-10,17H,11-12H2,1-2H3,(H,21,23). The highest BCUT2D eigenvalue weighted by atomic mass is 32.1. The van der Waals surface area contributed by atoms with Crippen LogP contribution >= 0.6 is 11.3 Å². The number of esters is 1. The van der Waals surface area contributed by atoms with Gasteiger partial charge in [-0.25, -0.2) is 4.98 Å². The number of carbonyl (C=O) groups excluding carboxylic acids is 2. The van der Waals surface area contributed by atoms with Gasteiger partial charge in [-0.2, -0.15) is 0 Å². The Hall–Kier alpha value is -2.73. The number of benzene rings is 2. The van der Waals surface area contributed by atoms with Gasteiger partial charge in [0.25, 0.3) is 0 Å². The largest absolute Gasteiger partial charge is 0.458 e. The van der Waals surface area contributed by atoms with E-state index in [4.69, 9.17) is 4.74 Å². The maximum absolute atomic E-state index is 12.3. The summed E-state index contributed by atoms with van der Waals surface area (Å²) in [6.45, 7) is 3.57. The molecule has 0 spiro atoms. The van der Waals surface area contributed by atoms with Crippen molar-refractivity contribution in [2.75, 3.05) is 0 Å². The van der Waals surface area contributed by atoms with E-state index in [-0.39, 0.29) is 24.9 Å². The van der Waals surface area contributed by atoms with Crippen LogP contribution in [0.3, 0.4) is 0 Å². The maximum atomic E-state index is 12.3. The summed E-state index contributed by atoms with van der Waals surface area (Å²) >= 11 is 1.51. The quantitative estimate of drug-likeness (QED) is 0.670. The van der Waals surface area contributed by atoms with Crippen LogP contribution in [0.15, 0.2) is 48.5 Å². The number of nitrogens with zero attached hydrogens (tertiary/aromatic N) is 1. The Labute approximate surface area is 156 Å². The number of thiazole rings is 1.